The Kier molecular flexibility index (Phi) is 6.68. The van der Waals surface area contributed by atoms with Crippen molar-refractivity contribution < 1.29 is 4.79 Å². The number of carbonyl (C=O) groups is 1. The molecule has 2 aliphatic rings. The van der Waals surface area contributed by atoms with Crippen molar-refractivity contribution in [3.63, 3.8) is 0 Å². The average Bonchev–Trinajstić information content (AvgIpc) is 3.17. The predicted octanol–water partition coefficient (Wildman–Crippen LogP) is 2.98. The van der Waals surface area contributed by atoms with Crippen molar-refractivity contribution in [3.8, 4) is 0 Å². The number of likely N-dealkylation sites (N-methyl/N-ethyl adjacent to an activating group) is 1. The highest BCUT2D eigenvalue weighted by atomic mass is 35.5. The van der Waals surface area contributed by atoms with Crippen LogP contribution in [-0.2, 0) is 4.79 Å². The van der Waals surface area contributed by atoms with Gasteiger partial charge in [0, 0.05) is 55.9 Å². The summed E-state index contributed by atoms with van der Waals surface area (Å²) in [5.74, 6) is 1.02. The van der Waals surface area contributed by atoms with Crippen LogP contribution >= 0.6 is 24.2 Å². The van der Waals surface area contributed by atoms with Gasteiger partial charge in [0.25, 0.3) is 5.91 Å². The van der Waals surface area contributed by atoms with Gasteiger partial charge in [0.15, 0.2) is 0 Å². The number of hydrogen-bond donors (Lipinski definition) is 2. The molecule has 1 saturated heterocycles. The van der Waals surface area contributed by atoms with E-state index in [-0.39, 0.29) is 18.3 Å². The SMILES string of the molecule is CN(C[C@@H]1CCCCN1)C(=O)C1=CN(c2ccnc3[nH]ccc23)CCS1.Cl. The number of piperidine rings is 1. The Morgan fingerprint density at radius 3 is 3.11 bits per heavy atom. The zero-order chi connectivity index (χ0) is 17.9. The summed E-state index contributed by atoms with van der Waals surface area (Å²) < 4.78 is 0. The number of aromatic amines is 1. The number of nitrogens with zero attached hydrogens (tertiary/aromatic N) is 3. The fourth-order valence-corrected chi connectivity index (χ4v) is 4.67. The molecule has 0 bridgehead atoms. The Balaban J connectivity index is 0.00000210. The second-order valence-corrected chi connectivity index (χ2v) is 8.07. The summed E-state index contributed by atoms with van der Waals surface area (Å²) in [7, 11) is 1.91. The van der Waals surface area contributed by atoms with Gasteiger partial charge in [-0.2, -0.15) is 0 Å². The number of pyridine rings is 1. The highest BCUT2D eigenvalue weighted by Gasteiger charge is 2.24. The quantitative estimate of drug-likeness (QED) is 0.815. The van der Waals surface area contributed by atoms with Crippen molar-refractivity contribution in [1.29, 1.82) is 0 Å². The first kappa shape index (κ1) is 20.0. The molecule has 2 aromatic rings. The number of aromatic nitrogens is 2. The summed E-state index contributed by atoms with van der Waals surface area (Å²) in [6.45, 7) is 2.72. The number of fused-ring (bicyclic) bond motifs is 1. The average molecular weight is 408 g/mol. The van der Waals surface area contributed by atoms with Gasteiger partial charge in [0.2, 0.25) is 0 Å². The van der Waals surface area contributed by atoms with Gasteiger partial charge < -0.3 is 20.1 Å². The second-order valence-electron chi connectivity index (χ2n) is 6.94. The lowest BCUT2D eigenvalue weighted by atomic mass is 10.0. The van der Waals surface area contributed by atoms with Crippen LogP contribution in [0.3, 0.4) is 0 Å². The molecule has 0 aromatic carbocycles. The molecule has 146 valence electrons. The highest BCUT2D eigenvalue weighted by molar-refractivity contribution is 8.04. The highest BCUT2D eigenvalue weighted by Crippen LogP contribution is 2.31. The lowest BCUT2D eigenvalue weighted by Gasteiger charge is -2.31. The number of halogens is 1. The number of amides is 1. The number of anilines is 1. The molecule has 0 saturated carbocycles. The summed E-state index contributed by atoms with van der Waals surface area (Å²) in [6, 6.07) is 4.47. The Hall–Kier alpha value is -1.70. The van der Waals surface area contributed by atoms with Crippen molar-refractivity contribution in [2.75, 3.05) is 37.3 Å². The summed E-state index contributed by atoms with van der Waals surface area (Å²) in [6.07, 6.45) is 9.36. The summed E-state index contributed by atoms with van der Waals surface area (Å²) in [4.78, 5) is 25.3. The van der Waals surface area contributed by atoms with E-state index in [1.165, 1.54) is 12.8 Å². The van der Waals surface area contributed by atoms with E-state index in [1.807, 2.05) is 42.7 Å². The van der Waals surface area contributed by atoms with Crippen molar-refractivity contribution in [2.24, 2.45) is 0 Å². The molecule has 4 rings (SSSR count). The van der Waals surface area contributed by atoms with E-state index in [0.29, 0.717) is 6.04 Å². The normalized spacial score (nSPS) is 20.1. The van der Waals surface area contributed by atoms with Crippen molar-refractivity contribution in [3.05, 3.63) is 35.6 Å². The number of carbonyl (C=O) groups excluding carboxylic acids is 1. The Bertz CT molecular complexity index is 817. The molecule has 1 amide bonds. The van der Waals surface area contributed by atoms with Crippen LogP contribution in [0.5, 0.6) is 0 Å². The fourth-order valence-electron chi connectivity index (χ4n) is 3.68. The van der Waals surface area contributed by atoms with E-state index in [2.05, 4.69) is 20.2 Å². The molecule has 0 aliphatic carbocycles. The minimum Gasteiger partial charge on any atom is -0.346 e. The van der Waals surface area contributed by atoms with Gasteiger partial charge in [-0.25, -0.2) is 4.98 Å². The molecule has 27 heavy (non-hydrogen) atoms. The molecule has 2 aliphatic heterocycles. The zero-order valence-corrected chi connectivity index (χ0v) is 17.1. The van der Waals surface area contributed by atoms with Crippen LogP contribution in [-0.4, -0.2) is 59.3 Å². The van der Waals surface area contributed by atoms with E-state index >= 15 is 0 Å². The number of rotatable bonds is 4. The lowest BCUT2D eigenvalue weighted by molar-refractivity contribution is -0.125. The lowest BCUT2D eigenvalue weighted by Crippen LogP contribution is -2.44. The third-order valence-electron chi connectivity index (χ3n) is 5.07. The van der Waals surface area contributed by atoms with Gasteiger partial charge in [-0.15, -0.1) is 24.2 Å². The number of thioether (sulfide) groups is 1. The molecule has 0 spiro atoms. The largest absolute Gasteiger partial charge is 0.346 e. The van der Waals surface area contributed by atoms with Crippen LogP contribution in [0.2, 0.25) is 0 Å². The summed E-state index contributed by atoms with van der Waals surface area (Å²) in [5, 5.41) is 4.60. The summed E-state index contributed by atoms with van der Waals surface area (Å²) >= 11 is 1.65. The number of nitrogens with one attached hydrogen (secondary N) is 2. The fraction of sp³-hybridized carbons (Fsp3) is 0.474. The molecule has 8 heteroatoms. The van der Waals surface area contributed by atoms with Gasteiger partial charge in [-0.3, -0.25) is 4.79 Å². The molecular formula is C19H26ClN5OS. The molecule has 2 N–H and O–H groups in total. The predicted molar refractivity (Wildman–Crippen MR) is 115 cm³/mol. The minimum absolute atomic E-state index is 0. The molecule has 1 atom stereocenters. The number of H-pyrrole nitrogens is 1. The molecule has 4 heterocycles. The van der Waals surface area contributed by atoms with E-state index in [9.17, 15) is 4.79 Å². The van der Waals surface area contributed by atoms with Crippen LogP contribution in [0.25, 0.3) is 11.0 Å². The van der Waals surface area contributed by atoms with Gasteiger partial charge in [0.05, 0.1) is 10.6 Å². The van der Waals surface area contributed by atoms with Crippen LogP contribution < -0.4 is 10.2 Å². The molecule has 0 unspecified atom stereocenters. The minimum atomic E-state index is 0. The first-order valence-electron chi connectivity index (χ1n) is 9.24. The van der Waals surface area contributed by atoms with E-state index in [1.54, 1.807) is 11.8 Å². The summed E-state index contributed by atoms with van der Waals surface area (Å²) in [5.41, 5.74) is 1.97. The Morgan fingerprint density at radius 2 is 2.30 bits per heavy atom. The van der Waals surface area contributed by atoms with Gasteiger partial charge in [0.1, 0.15) is 5.65 Å². The van der Waals surface area contributed by atoms with Gasteiger partial charge in [-0.05, 0) is 31.5 Å². The standard InChI is InChI=1S/C19H25N5OS.ClH/c1-23(12-14-4-2-3-7-20-14)19(25)17-13-24(10-11-26-17)16-6-9-22-18-15(16)5-8-21-18;/h5-6,8-9,13-14,20H,2-4,7,10-12H2,1H3,(H,21,22);1H/t14-;/m0./s1. The maximum absolute atomic E-state index is 12.9. The van der Waals surface area contributed by atoms with Gasteiger partial charge in [-0.1, -0.05) is 6.42 Å². The van der Waals surface area contributed by atoms with Crippen LogP contribution in [0.4, 0.5) is 5.69 Å². The monoisotopic (exact) mass is 407 g/mol. The van der Waals surface area contributed by atoms with Crippen LogP contribution in [0.1, 0.15) is 19.3 Å². The van der Waals surface area contributed by atoms with Gasteiger partial charge >= 0.3 is 0 Å². The topological polar surface area (TPSA) is 64.3 Å². The molecule has 1 fully saturated rings. The third-order valence-corrected chi connectivity index (χ3v) is 6.05. The first-order valence-corrected chi connectivity index (χ1v) is 10.2. The third kappa shape index (κ3) is 4.42. The number of hydrogen-bond acceptors (Lipinski definition) is 5. The van der Waals surface area contributed by atoms with E-state index in [0.717, 1.165) is 53.4 Å². The second kappa shape index (κ2) is 8.99. The molecule has 2 aromatic heterocycles. The van der Waals surface area contributed by atoms with Crippen molar-refractivity contribution in [1.82, 2.24) is 20.2 Å². The van der Waals surface area contributed by atoms with Crippen molar-refractivity contribution >= 4 is 46.8 Å². The zero-order valence-electron chi connectivity index (χ0n) is 15.5. The van der Waals surface area contributed by atoms with Crippen LogP contribution in [0, 0.1) is 0 Å². The molecule has 0 radical (unpaired) electrons. The molecule has 6 nitrogen and oxygen atoms in total. The Morgan fingerprint density at radius 1 is 1.41 bits per heavy atom. The Labute approximate surface area is 170 Å². The van der Waals surface area contributed by atoms with E-state index < -0.39 is 0 Å². The van der Waals surface area contributed by atoms with Crippen molar-refractivity contribution in [2.45, 2.75) is 25.3 Å². The smallest absolute Gasteiger partial charge is 0.261 e. The first-order chi connectivity index (χ1) is 12.7. The molecular weight excluding hydrogens is 382 g/mol. The maximum Gasteiger partial charge on any atom is 0.261 e. The maximum atomic E-state index is 12.9. The van der Waals surface area contributed by atoms with E-state index in [4.69, 9.17) is 0 Å². The van der Waals surface area contributed by atoms with Crippen LogP contribution in [0.15, 0.2) is 35.6 Å².